The smallest absolute Gasteiger partial charge is 0.416 e. The summed E-state index contributed by atoms with van der Waals surface area (Å²) in [5.41, 5.74) is 3.40. The molecule has 4 aliphatic rings. The number of rotatable bonds is 2. The lowest BCUT2D eigenvalue weighted by atomic mass is 9.55. The Balaban J connectivity index is 1.40. The third-order valence-corrected chi connectivity index (χ3v) is 9.83. The SMILES string of the molecule is CN(C)c1ccc([C@H]2C[C@@]3(C)[C@@H](CC[C@@]3(O)C#Cc3ccc(C(F)(F)F)cc3)[C@@H]3OC=C4CC(=O)CCC4=C32)cc1. The lowest BCUT2D eigenvalue weighted by Gasteiger charge is -2.52. The molecule has 2 aromatic carbocycles. The molecule has 214 valence electrons. The second-order valence-corrected chi connectivity index (χ2v) is 12.3. The Kier molecular flexibility index (Phi) is 6.61. The van der Waals surface area contributed by atoms with Crippen molar-refractivity contribution >= 4 is 11.5 Å². The molecule has 1 N–H and O–H groups in total. The normalized spacial score (nSPS) is 30.8. The van der Waals surface area contributed by atoms with Gasteiger partial charge < -0.3 is 14.7 Å². The van der Waals surface area contributed by atoms with Crippen molar-refractivity contribution < 1.29 is 27.8 Å². The second kappa shape index (κ2) is 9.80. The first-order valence-corrected chi connectivity index (χ1v) is 14.2. The van der Waals surface area contributed by atoms with E-state index in [9.17, 15) is 23.1 Å². The Morgan fingerprint density at radius 2 is 1.76 bits per heavy atom. The number of ether oxygens (including phenoxy) is 1. The highest BCUT2D eigenvalue weighted by Gasteiger charge is 2.63. The number of carbonyl (C=O) groups is 1. The summed E-state index contributed by atoms with van der Waals surface area (Å²) in [7, 11) is 4.00. The minimum atomic E-state index is -4.41. The van der Waals surface area contributed by atoms with Crippen LogP contribution in [0.3, 0.4) is 0 Å². The van der Waals surface area contributed by atoms with Crippen molar-refractivity contribution in [2.75, 3.05) is 19.0 Å². The molecular formula is C34H34F3NO3. The van der Waals surface area contributed by atoms with Crippen LogP contribution < -0.4 is 4.90 Å². The van der Waals surface area contributed by atoms with Crippen LogP contribution in [0, 0.1) is 23.2 Å². The molecule has 1 heterocycles. The molecule has 3 fully saturated rings. The van der Waals surface area contributed by atoms with E-state index in [-0.39, 0.29) is 23.7 Å². The molecule has 7 heteroatoms. The van der Waals surface area contributed by atoms with Gasteiger partial charge in [0.1, 0.15) is 17.5 Å². The third-order valence-electron chi connectivity index (χ3n) is 9.83. The first-order valence-electron chi connectivity index (χ1n) is 14.2. The molecule has 0 saturated heterocycles. The quantitative estimate of drug-likeness (QED) is 0.410. The molecule has 0 bridgehead atoms. The summed E-state index contributed by atoms with van der Waals surface area (Å²) in [5, 5.41) is 12.1. The molecule has 0 aromatic heterocycles. The molecule has 0 spiro atoms. The van der Waals surface area contributed by atoms with Crippen LogP contribution in [-0.4, -0.2) is 36.7 Å². The van der Waals surface area contributed by atoms with E-state index in [1.165, 1.54) is 23.3 Å². The van der Waals surface area contributed by atoms with Crippen molar-refractivity contribution in [3.63, 3.8) is 0 Å². The fourth-order valence-electron chi connectivity index (χ4n) is 7.44. The van der Waals surface area contributed by atoms with Gasteiger partial charge in [-0.15, -0.1) is 0 Å². The number of nitrogens with zero attached hydrogens (tertiary/aromatic N) is 1. The van der Waals surface area contributed by atoms with Crippen LogP contribution in [0.1, 0.15) is 68.1 Å². The molecule has 0 amide bonds. The zero-order valence-electron chi connectivity index (χ0n) is 23.5. The van der Waals surface area contributed by atoms with Crippen molar-refractivity contribution in [2.24, 2.45) is 11.3 Å². The van der Waals surface area contributed by atoms with Gasteiger partial charge in [-0.1, -0.05) is 30.9 Å². The van der Waals surface area contributed by atoms with Gasteiger partial charge in [-0.05, 0) is 84.4 Å². The van der Waals surface area contributed by atoms with E-state index in [0.717, 1.165) is 29.0 Å². The summed E-state index contributed by atoms with van der Waals surface area (Å²) < 4.78 is 45.5. The van der Waals surface area contributed by atoms with Gasteiger partial charge in [0.25, 0.3) is 0 Å². The largest absolute Gasteiger partial charge is 0.493 e. The van der Waals surface area contributed by atoms with E-state index in [4.69, 9.17) is 4.74 Å². The molecule has 2 aromatic rings. The van der Waals surface area contributed by atoms with E-state index in [2.05, 4.69) is 47.9 Å². The average Bonchev–Trinajstić information content (AvgIpc) is 3.21. The minimum Gasteiger partial charge on any atom is -0.493 e. The fraction of sp³-hybridized carbons (Fsp3) is 0.441. The van der Waals surface area contributed by atoms with E-state index in [1.807, 2.05) is 14.1 Å². The molecule has 0 radical (unpaired) electrons. The van der Waals surface area contributed by atoms with Crippen LogP contribution in [0.15, 0.2) is 71.5 Å². The molecule has 4 nitrogen and oxygen atoms in total. The van der Waals surface area contributed by atoms with Gasteiger partial charge in [0.2, 0.25) is 0 Å². The van der Waals surface area contributed by atoms with Gasteiger partial charge >= 0.3 is 6.18 Å². The zero-order chi connectivity index (χ0) is 29.2. The number of hydrogen-bond acceptors (Lipinski definition) is 4. The number of ketones is 1. The molecule has 3 saturated carbocycles. The van der Waals surface area contributed by atoms with Crippen LogP contribution in [0.4, 0.5) is 18.9 Å². The monoisotopic (exact) mass is 561 g/mol. The van der Waals surface area contributed by atoms with Gasteiger partial charge in [-0.2, -0.15) is 13.2 Å². The van der Waals surface area contributed by atoms with Crippen molar-refractivity contribution in [1.82, 2.24) is 0 Å². The third kappa shape index (κ3) is 4.67. The molecule has 3 aliphatic carbocycles. The standard InChI is InChI=1S/C34H34F3NO3/c1-32-19-28(22-6-10-25(11-7-22)38(2)3)30-27-13-12-26(39)18-23(27)20-41-31(30)29(32)15-17-33(32,40)16-14-21-4-8-24(9-5-21)34(35,36)37/h4-11,20,28-29,31,40H,12-13,15,17-19H2,1-3H3/t28-,29+,31+,32+,33+/m1/s1. The highest BCUT2D eigenvalue weighted by Crippen LogP contribution is 2.64. The summed E-state index contributed by atoms with van der Waals surface area (Å²) >= 11 is 0. The Morgan fingerprint density at radius 3 is 2.41 bits per heavy atom. The van der Waals surface area contributed by atoms with E-state index >= 15 is 0 Å². The Labute approximate surface area is 238 Å². The predicted octanol–water partition coefficient (Wildman–Crippen LogP) is 6.79. The fourth-order valence-corrected chi connectivity index (χ4v) is 7.44. The van der Waals surface area contributed by atoms with Crippen molar-refractivity contribution in [1.29, 1.82) is 0 Å². The Morgan fingerprint density at radius 1 is 1.05 bits per heavy atom. The molecule has 0 unspecified atom stereocenters. The van der Waals surface area contributed by atoms with Gasteiger partial charge in [-0.25, -0.2) is 0 Å². The highest BCUT2D eigenvalue weighted by molar-refractivity contribution is 5.84. The number of allylic oxidation sites excluding steroid dienone is 2. The van der Waals surface area contributed by atoms with Crippen LogP contribution in [0.5, 0.6) is 0 Å². The number of aliphatic hydroxyl groups is 1. The zero-order valence-corrected chi connectivity index (χ0v) is 23.5. The molecule has 1 aliphatic heterocycles. The van der Waals surface area contributed by atoms with Crippen molar-refractivity contribution in [3.05, 3.63) is 88.2 Å². The molecule has 5 atom stereocenters. The lowest BCUT2D eigenvalue weighted by Crippen LogP contribution is -2.53. The number of Topliss-reactive ketones (excluding diaryl/α,β-unsaturated/α-hetero) is 1. The number of benzene rings is 2. The van der Waals surface area contributed by atoms with Crippen LogP contribution in [-0.2, 0) is 15.7 Å². The van der Waals surface area contributed by atoms with Gasteiger partial charge in [0.15, 0.2) is 0 Å². The summed E-state index contributed by atoms with van der Waals surface area (Å²) in [6.45, 7) is 2.09. The van der Waals surface area contributed by atoms with Gasteiger partial charge in [0.05, 0.1) is 11.8 Å². The Bertz CT molecular complexity index is 1490. The molecule has 6 rings (SSSR count). The summed E-state index contributed by atoms with van der Waals surface area (Å²) in [6.07, 6.45) is 0.553. The summed E-state index contributed by atoms with van der Waals surface area (Å²) in [4.78, 5) is 14.3. The molecule has 41 heavy (non-hydrogen) atoms. The lowest BCUT2D eigenvalue weighted by molar-refractivity contribution is -0.137. The maximum Gasteiger partial charge on any atom is 0.416 e. The maximum absolute atomic E-state index is 13.0. The average molecular weight is 562 g/mol. The van der Waals surface area contributed by atoms with Gasteiger partial charge in [0, 0.05) is 55.4 Å². The second-order valence-electron chi connectivity index (χ2n) is 12.3. The minimum absolute atomic E-state index is 0.00429. The highest BCUT2D eigenvalue weighted by atomic mass is 19.4. The number of anilines is 1. The van der Waals surface area contributed by atoms with E-state index in [1.54, 1.807) is 6.26 Å². The number of carbonyl (C=O) groups excluding carboxylic acids is 1. The van der Waals surface area contributed by atoms with Crippen LogP contribution >= 0.6 is 0 Å². The maximum atomic E-state index is 13.0. The number of fused-ring (bicyclic) bond motifs is 4. The van der Waals surface area contributed by atoms with Crippen LogP contribution in [0.2, 0.25) is 0 Å². The van der Waals surface area contributed by atoms with Crippen LogP contribution in [0.25, 0.3) is 0 Å². The first kappa shape index (κ1) is 27.7. The first-order chi connectivity index (χ1) is 19.4. The molecular weight excluding hydrogens is 527 g/mol. The van der Waals surface area contributed by atoms with Crippen molar-refractivity contribution in [3.8, 4) is 11.8 Å². The van der Waals surface area contributed by atoms with Gasteiger partial charge in [-0.3, -0.25) is 4.79 Å². The number of alkyl halides is 3. The summed E-state index contributed by atoms with van der Waals surface area (Å²) in [5.74, 6) is 6.30. The van der Waals surface area contributed by atoms with E-state index < -0.39 is 22.8 Å². The predicted molar refractivity (Wildman–Crippen MR) is 151 cm³/mol. The summed E-state index contributed by atoms with van der Waals surface area (Å²) in [6, 6.07) is 13.2. The topological polar surface area (TPSA) is 49.8 Å². The Hall–Kier alpha value is -3.50. The number of halogens is 3. The van der Waals surface area contributed by atoms with Crippen molar-refractivity contribution in [2.45, 2.75) is 69.2 Å². The van der Waals surface area contributed by atoms with E-state index in [0.29, 0.717) is 44.1 Å². The number of hydrogen-bond donors (Lipinski definition) is 1.